The smallest absolute Gasteiger partial charge is 0.265 e. The van der Waals surface area contributed by atoms with Crippen LogP contribution in [-0.2, 0) is 9.59 Å². The van der Waals surface area contributed by atoms with Gasteiger partial charge in [-0.25, -0.2) is 0 Å². The number of hydrogen-bond acceptors (Lipinski definition) is 4. The molecule has 0 saturated carbocycles. The SMILES string of the molecule is CCOc1ccccc1O[C@H](C)C(=O)Nc1ccc(NC(C)=O)cc1. The first kappa shape index (κ1) is 18.3. The predicted octanol–water partition coefficient (Wildman–Crippen LogP) is 3.45. The zero-order valence-corrected chi connectivity index (χ0v) is 14.5. The van der Waals surface area contributed by atoms with E-state index in [2.05, 4.69) is 10.6 Å². The van der Waals surface area contributed by atoms with Gasteiger partial charge in [0.25, 0.3) is 5.91 Å². The van der Waals surface area contributed by atoms with Gasteiger partial charge in [-0.3, -0.25) is 9.59 Å². The van der Waals surface area contributed by atoms with Gasteiger partial charge in [-0.05, 0) is 50.2 Å². The first-order chi connectivity index (χ1) is 12.0. The molecule has 2 N–H and O–H groups in total. The molecular weight excluding hydrogens is 320 g/mol. The van der Waals surface area contributed by atoms with Gasteiger partial charge in [-0.2, -0.15) is 0 Å². The number of carbonyl (C=O) groups excluding carboxylic acids is 2. The van der Waals surface area contributed by atoms with E-state index in [1.54, 1.807) is 43.3 Å². The Morgan fingerprint density at radius 2 is 1.52 bits per heavy atom. The van der Waals surface area contributed by atoms with Gasteiger partial charge in [0.05, 0.1) is 6.61 Å². The molecular formula is C19H22N2O4. The van der Waals surface area contributed by atoms with E-state index < -0.39 is 6.10 Å². The maximum Gasteiger partial charge on any atom is 0.265 e. The van der Waals surface area contributed by atoms with Crippen molar-refractivity contribution >= 4 is 23.2 Å². The molecule has 0 bridgehead atoms. The third-order valence-electron chi connectivity index (χ3n) is 3.29. The third-order valence-corrected chi connectivity index (χ3v) is 3.29. The van der Waals surface area contributed by atoms with Crippen molar-refractivity contribution < 1.29 is 19.1 Å². The number of rotatable bonds is 7. The van der Waals surface area contributed by atoms with E-state index in [9.17, 15) is 9.59 Å². The molecule has 2 aromatic rings. The number of ether oxygens (including phenoxy) is 2. The van der Waals surface area contributed by atoms with E-state index in [1.807, 2.05) is 19.1 Å². The molecule has 0 spiro atoms. The van der Waals surface area contributed by atoms with E-state index in [1.165, 1.54) is 6.92 Å². The minimum atomic E-state index is -0.698. The van der Waals surface area contributed by atoms with Crippen molar-refractivity contribution in [3.63, 3.8) is 0 Å². The molecule has 0 heterocycles. The zero-order chi connectivity index (χ0) is 18.2. The maximum absolute atomic E-state index is 12.3. The average molecular weight is 342 g/mol. The Balaban J connectivity index is 1.97. The Labute approximate surface area is 147 Å². The minimum absolute atomic E-state index is 0.147. The van der Waals surface area contributed by atoms with Gasteiger partial charge in [-0.15, -0.1) is 0 Å². The molecule has 6 heteroatoms. The van der Waals surface area contributed by atoms with Crippen LogP contribution >= 0.6 is 0 Å². The predicted molar refractivity (Wildman–Crippen MR) is 97.1 cm³/mol. The largest absolute Gasteiger partial charge is 0.490 e. The molecule has 0 aromatic heterocycles. The van der Waals surface area contributed by atoms with Crippen LogP contribution in [0.15, 0.2) is 48.5 Å². The van der Waals surface area contributed by atoms with Crippen molar-refractivity contribution in [3.8, 4) is 11.5 Å². The van der Waals surface area contributed by atoms with Crippen molar-refractivity contribution in [1.82, 2.24) is 0 Å². The first-order valence-corrected chi connectivity index (χ1v) is 8.06. The van der Waals surface area contributed by atoms with Crippen molar-refractivity contribution in [2.24, 2.45) is 0 Å². The molecule has 2 rings (SSSR count). The van der Waals surface area contributed by atoms with E-state index in [-0.39, 0.29) is 11.8 Å². The lowest BCUT2D eigenvalue weighted by molar-refractivity contribution is -0.122. The van der Waals surface area contributed by atoms with Crippen molar-refractivity contribution in [3.05, 3.63) is 48.5 Å². The molecule has 0 aliphatic carbocycles. The molecule has 1 atom stereocenters. The maximum atomic E-state index is 12.3. The van der Waals surface area contributed by atoms with Crippen LogP contribution in [0.1, 0.15) is 20.8 Å². The van der Waals surface area contributed by atoms with E-state index in [4.69, 9.17) is 9.47 Å². The summed E-state index contributed by atoms with van der Waals surface area (Å²) in [4.78, 5) is 23.3. The summed E-state index contributed by atoms with van der Waals surface area (Å²) in [5, 5.41) is 5.45. The highest BCUT2D eigenvalue weighted by atomic mass is 16.5. The summed E-state index contributed by atoms with van der Waals surface area (Å²) >= 11 is 0. The summed E-state index contributed by atoms with van der Waals surface area (Å²) in [6.07, 6.45) is -0.698. The fraction of sp³-hybridized carbons (Fsp3) is 0.263. The molecule has 0 aliphatic heterocycles. The lowest BCUT2D eigenvalue weighted by Crippen LogP contribution is -2.30. The fourth-order valence-corrected chi connectivity index (χ4v) is 2.15. The fourth-order valence-electron chi connectivity index (χ4n) is 2.15. The average Bonchev–Trinajstić information content (AvgIpc) is 2.58. The van der Waals surface area contributed by atoms with Crippen LogP contribution in [0.3, 0.4) is 0 Å². The summed E-state index contributed by atoms with van der Waals surface area (Å²) in [7, 11) is 0. The Kier molecular flexibility index (Phi) is 6.39. The van der Waals surface area contributed by atoms with Crippen LogP contribution in [0.25, 0.3) is 0 Å². The second-order valence-corrected chi connectivity index (χ2v) is 5.39. The molecule has 0 radical (unpaired) electrons. The second-order valence-electron chi connectivity index (χ2n) is 5.39. The molecule has 25 heavy (non-hydrogen) atoms. The van der Waals surface area contributed by atoms with Gasteiger partial charge < -0.3 is 20.1 Å². The van der Waals surface area contributed by atoms with E-state index in [0.29, 0.717) is 29.5 Å². The van der Waals surface area contributed by atoms with Gasteiger partial charge in [0, 0.05) is 18.3 Å². The van der Waals surface area contributed by atoms with Crippen LogP contribution in [-0.4, -0.2) is 24.5 Å². The lowest BCUT2D eigenvalue weighted by Gasteiger charge is -2.17. The van der Waals surface area contributed by atoms with Crippen molar-refractivity contribution in [2.75, 3.05) is 17.2 Å². The zero-order valence-electron chi connectivity index (χ0n) is 14.5. The minimum Gasteiger partial charge on any atom is -0.490 e. The molecule has 0 unspecified atom stereocenters. The summed E-state index contributed by atoms with van der Waals surface area (Å²) in [5.41, 5.74) is 1.29. The number of amides is 2. The highest BCUT2D eigenvalue weighted by Gasteiger charge is 2.17. The molecule has 0 aliphatic rings. The van der Waals surface area contributed by atoms with Gasteiger partial charge >= 0.3 is 0 Å². The van der Waals surface area contributed by atoms with E-state index in [0.717, 1.165) is 0 Å². The van der Waals surface area contributed by atoms with Gasteiger partial charge in [0.1, 0.15) is 0 Å². The molecule has 0 saturated heterocycles. The summed E-state index contributed by atoms with van der Waals surface area (Å²) < 4.78 is 11.2. The monoisotopic (exact) mass is 342 g/mol. The summed E-state index contributed by atoms with van der Waals surface area (Å²) in [6.45, 7) is 5.51. The van der Waals surface area contributed by atoms with Gasteiger partial charge in [0.15, 0.2) is 17.6 Å². The Hall–Kier alpha value is -3.02. The van der Waals surface area contributed by atoms with Crippen LogP contribution in [0, 0.1) is 0 Å². The summed E-state index contributed by atoms with van der Waals surface area (Å²) in [6, 6.07) is 14.1. The second kappa shape index (κ2) is 8.73. The highest BCUT2D eigenvalue weighted by molar-refractivity contribution is 5.94. The molecule has 132 valence electrons. The number of anilines is 2. The third kappa shape index (κ3) is 5.53. The summed E-state index contributed by atoms with van der Waals surface area (Å²) in [5.74, 6) is 0.697. The van der Waals surface area contributed by atoms with Crippen LogP contribution in [0.2, 0.25) is 0 Å². The molecule has 0 fully saturated rings. The molecule has 2 amide bonds. The van der Waals surface area contributed by atoms with Crippen LogP contribution < -0.4 is 20.1 Å². The van der Waals surface area contributed by atoms with Crippen LogP contribution in [0.4, 0.5) is 11.4 Å². The quantitative estimate of drug-likeness (QED) is 0.808. The Morgan fingerprint density at radius 3 is 2.08 bits per heavy atom. The molecule has 6 nitrogen and oxygen atoms in total. The number of benzene rings is 2. The number of nitrogens with one attached hydrogen (secondary N) is 2. The number of hydrogen-bond donors (Lipinski definition) is 2. The van der Waals surface area contributed by atoms with Crippen molar-refractivity contribution in [2.45, 2.75) is 26.9 Å². The van der Waals surface area contributed by atoms with Gasteiger partial charge in [0.2, 0.25) is 5.91 Å². The first-order valence-electron chi connectivity index (χ1n) is 8.06. The van der Waals surface area contributed by atoms with Gasteiger partial charge in [-0.1, -0.05) is 12.1 Å². The number of para-hydroxylation sites is 2. The standard InChI is InChI=1S/C19H22N2O4/c1-4-24-17-7-5-6-8-18(17)25-13(2)19(23)21-16-11-9-15(10-12-16)20-14(3)22/h5-13H,4H2,1-3H3,(H,20,22)(H,21,23)/t13-/m1/s1. The van der Waals surface area contributed by atoms with E-state index >= 15 is 0 Å². The highest BCUT2D eigenvalue weighted by Crippen LogP contribution is 2.27. The Morgan fingerprint density at radius 1 is 0.960 bits per heavy atom. The normalized spacial score (nSPS) is 11.3. The van der Waals surface area contributed by atoms with Crippen molar-refractivity contribution in [1.29, 1.82) is 0 Å². The van der Waals surface area contributed by atoms with Crippen LogP contribution in [0.5, 0.6) is 11.5 Å². The lowest BCUT2D eigenvalue weighted by atomic mass is 10.2. The topological polar surface area (TPSA) is 76.7 Å². The molecule has 2 aromatic carbocycles. The Bertz CT molecular complexity index is 728. The number of carbonyl (C=O) groups is 2.